The molecule has 76 valence electrons. The van der Waals surface area contributed by atoms with Crippen LogP contribution in [0.25, 0.3) is 0 Å². The summed E-state index contributed by atoms with van der Waals surface area (Å²) in [5.74, 6) is -1.12. The Morgan fingerprint density at radius 3 is 2.79 bits per heavy atom. The average Bonchev–Trinajstić information content (AvgIpc) is 2.05. The van der Waals surface area contributed by atoms with Gasteiger partial charge in [0.1, 0.15) is 12.4 Å². The van der Waals surface area contributed by atoms with Crippen LogP contribution in [0.2, 0.25) is 0 Å². The molecule has 0 aliphatic carbocycles. The third-order valence-corrected chi connectivity index (χ3v) is 2.26. The molecule has 1 unspecified atom stereocenters. The maximum atomic E-state index is 13.0. The van der Waals surface area contributed by atoms with Crippen LogP contribution in [0.1, 0.15) is 6.42 Å². The molecular formula is C10H11F2NO. The Morgan fingerprint density at radius 2 is 2.21 bits per heavy atom. The fraction of sp³-hybridized carbons (Fsp3) is 0.400. The number of benzene rings is 1. The van der Waals surface area contributed by atoms with Gasteiger partial charge in [0.25, 0.3) is 0 Å². The molecule has 0 amide bonds. The first-order valence-corrected chi connectivity index (χ1v) is 4.57. The maximum absolute atomic E-state index is 13.0. The van der Waals surface area contributed by atoms with Gasteiger partial charge < -0.3 is 10.1 Å². The van der Waals surface area contributed by atoms with Crippen LogP contribution in [-0.2, 0) is 0 Å². The summed E-state index contributed by atoms with van der Waals surface area (Å²) in [6.45, 7) is 1.42. The molecule has 14 heavy (non-hydrogen) atoms. The monoisotopic (exact) mass is 199 g/mol. The second-order valence-corrected chi connectivity index (χ2v) is 3.33. The fourth-order valence-electron chi connectivity index (χ4n) is 1.27. The van der Waals surface area contributed by atoms with Gasteiger partial charge in [-0.05, 0) is 25.1 Å². The highest BCUT2D eigenvalue weighted by Crippen LogP contribution is 2.18. The number of ether oxygens (including phenoxy) is 1. The smallest absolute Gasteiger partial charge is 0.167 e. The molecule has 1 N–H and O–H groups in total. The summed E-state index contributed by atoms with van der Waals surface area (Å²) in [5.41, 5.74) is 0. The van der Waals surface area contributed by atoms with Crippen molar-refractivity contribution in [2.75, 3.05) is 13.2 Å². The maximum Gasteiger partial charge on any atom is 0.167 e. The van der Waals surface area contributed by atoms with Crippen LogP contribution in [0.15, 0.2) is 18.2 Å². The van der Waals surface area contributed by atoms with E-state index >= 15 is 0 Å². The van der Waals surface area contributed by atoms with Gasteiger partial charge in [-0.2, -0.15) is 0 Å². The van der Waals surface area contributed by atoms with Crippen molar-refractivity contribution >= 4 is 0 Å². The summed E-state index contributed by atoms with van der Waals surface area (Å²) >= 11 is 0. The van der Waals surface area contributed by atoms with E-state index in [0.717, 1.165) is 19.0 Å². The van der Waals surface area contributed by atoms with Crippen LogP contribution in [0, 0.1) is 11.6 Å². The van der Waals surface area contributed by atoms with Crippen LogP contribution < -0.4 is 10.1 Å². The van der Waals surface area contributed by atoms with E-state index in [4.69, 9.17) is 4.74 Å². The molecule has 0 bridgehead atoms. The highest BCUT2D eigenvalue weighted by atomic mass is 19.1. The number of halogens is 2. The standard InChI is InChI=1S/C10H11F2NO/c11-7-1-2-10(9(12)5-7)14-6-8-3-4-13-8/h1-2,5,8,13H,3-4,6H2. The molecular weight excluding hydrogens is 188 g/mol. The molecule has 1 fully saturated rings. The fourth-order valence-corrected chi connectivity index (χ4v) is 1.27. The first kappa shape index (κ1) is 9.40. The molecule has 1 atom stereocenters. The molecule has 1 aliphatic rings. The van der Waals surface area contributed by atoms with E-state index in [2.05, 4.69) is 5.32 Å². The summed E-state index contributed by atoms with van der Waals surface area (Å²) in [6.07, 6.45) is 1.04. The van der Waals surface area contributed by atoms with E-state index in [1.54, 1.807) is 0 Å². The predicted octanol–water partition coefficient (Wildman–Crippen LogP) is 1.71. The first-order valence-electron chi connectivity index (χ1n) is 4.57. The van der Waals surface area contributed by atoms with E-state index < -0.39 is 11.6 Å². The van der Waals surface area contributed by atoms with Gasteiger partial charge in [-0.15, -0.1) is 0 Å². The molecule has 1 saturated heterocycles. The van der Waals surface area contributed by atoms with Gasteiger partial charge in [-0.1, -0.05) is 0 Å². The highest BCUT2D eigenvalue weighted by Gasteiger charge is 2.17. The Bertz CT molecular complexity index is 326. The van der Waals surface area contributed by atoms with E-state index in [1.165, 1.54) is 12.1 Å². The Balaban J connectivity index is 1.94. The second-order valence-electron chi connectivity index (χ2n) is 3.33. The molecule has 1 aliphatic heterocycles. The predicted molar refractivity (Wildman–Crippen MR) is 48.3 cm³/mol. The molecule has 1 heterocycles. The van der Waals surface area contributed by atoms with Crippen LogP contribution in [0.4, 0.5) is 8.78 Å². The molecule has 0 saturated carbocycles. The largest absolute Gasteiger partial charge is 0.489 e. The highest BCUT2D eigenvalue weighted by molar-refractivity contribution is 5.24. The molecule has 0 spiro atoms. The lowest BCUT2D eigenvalue weighted by molar-refractivity contribution is 0.210. The van der Waals surface area contributed by atoms with Crippen molar-refractivity contribution < 1.29 is 13.5 Å². The molecule has 0 radical (unpaired) electrons. The van der Waals surface area contributed by atoms with Gasteiger partial charge in [0, 0.05) is 12.1 Å². The van der Waals surface area contributed by atoms with E-state index in [0.29, 0.717) is 12.6 Å². The molecule has 2 nitrogen and oxygen atoms in total. The first-order chi connectivity index (χ1) is 6.75. The zero-order valence-corrected chi connectivity index (χ0v) is 7.59. The van der Waals surface area contributed by atoms with E-state index in [-0.39, 0.29) is 5.75 Å². The second kappa shape index (κ2) is 3.92. The summed E-state index contributed by atoms with van der Waals surface area (Å²) < 4.78 is 30.7. The van der Waals surface area contributed by atoms with Crippen LogP contribution in [-0.4, -0.2) is 19.2 Å². The summed E-state index contributed by atoms with van der Waals surface area (Å²) in [6, 6.07) is 3.62. The number of hydrogen-bond donors (Lipinski definition) is 1. The van der Waals surface area contributed by atoms with Gasteiger partial charge in [0.2, 0.25) is 0 Å². The van der Waals surface area contributed by atoms with Crippen molar-refractivity contribution in [1.29, 1.82) is 0 Å². The van der Waals surface area contributed by atoms with Crippen molar-refractivity contribution in [2.24, 2.45) is 0 Å². The summed E-state index contributed by atoms with van der Waals surface area (Å²) in [4.78, 5) is 0. The van der Waals surface area contributed by atoms with Crippen molar-refractivity contribution in [1.82, 2.24) is 5.32 Å². The van der Waals surface area contributed by atoms with Crippen LogP contribution in [0.3, 0.4) is 0 Å². The minimum absolute atomic E-state index is 0.111. The number of rotatable bonds is 3. The summed E-state index contributed by atoms with van der Waals surface area (Å²) in [5, 5.41) is 3.13. The minimum Gasteiger partial charge on any atom is -0.489 e. The molecule has 1 aromatic rings. The van der Waals surface area contributed by atoms with Crippen molar-refractivity contribution in [3.8, 4) is 5.75 Å². The quantitative estimate of drug-likeness (QED) is 0.800. The van der Waals surface area contributed by atoms with Gasteiger partial charge in [0.15, 0.2) is 11.6 Å². The lowest BCUT2D eigenvalue weighted by atomic mass is 10.1. The van der Waals surface area contributed by atoms with Gasteiger partial charge in [0.05, 0.1) is 0 Å². The van der Waals surface area contributed by atoms with Gasteiger partial charge >= 0.3 is 0 Å². The molecule has 0 aromatic heterocycles. The summed E-state index contributed by atoms with van der Waals surface area (Å²) in [7, 11) is 0. The Hall–Kier alpha value is -1.16. The normalized spacial score (nSPS) is 20.3. The molecule has 2 rings (SSSR count). The third kappa shape index (κ3) is 2.01. The average molecular weight is 199 g/mol. The number of nitrogens with one attached hydrogen (secondary N) is 1. The lowest BCUT2D eigenvalue weighted by Gasteiger charge is -2.27. The van der Waals surface area contributed by atoms with Gasteiger partial charge in [-0.3, -0.25) is 0 Å². The Kier molecular flexibility index (Phi) is 2.63. The van der Waals surface area contributed by atoms with Crippen molar-refractivity contribution in [2.45, 2.75) is 12.5 Å². The zero-order chi connectivity index (χ0) is 9.97. The van der Waals surface area contributed by atoms with E-state index in [1.807, 2.05) is 0 Å². The van der Waals surface area contributed by atoms with Crippen LogP contribution >= 0.6 is 0 Å². The topological polar surface area (TPSA) is 21.3 Å². The van der Waals surface area contributed by atoms with Crippen LogP contribution in [0.5, 0.6) is 5.75 Å². The van der Waals surface area contributed by atoms with E-state index in [9.17, 15) is 8.78 Å². The Labute approximate surface area is 80.9 Å². The Morgan fingerprint density at radius 1 is 1.43 bits per heavy atom. The van der Waals surface area contributed by atoms with Gasteiger partial charge in [-0.25, -0.2) is 8.78 Å². The lowest BCUT2D eigenvalue weighted by Crippen LogP contribution is -2.46. The third-order valence-electron chi connectivity index (χ3n) is 2.26. The molecule has 1 aromatic carbocycles. The number of hydrogen-bond acceptors (Lipinski definition) is 2. The van der Waals surface area contributed by atoms with Crippen molar-refractivity contribution in [3.05, 3.63) is 29.8 Å². The SMILES string of the molecule is Fc1ccc(OCC2CCN2)c(F)c1. The van der Waals surface area contributed by atoms with Crippen molar-refractivity contribution in [3.63, 3.8) is 0 Å². The zero-order valence-electron chi connectivity index (χ0n) is 7.59. The molecule has 4 heteroatoms. The minimum atomic E-state index is -0.649.